The fourth-order valence-corrected chi connectivity index (χ4v) is 7.02. The molecule has 1 saturated carbocycles. The Morgan fingerprint density at radius 3 is 2.35 bits per heavy atom. The van der Waals surface area contributed by atoms with Crippen LogP contribution in [0.4, 0.5) is 4.79 Å². The number of aromatic nitrogens is 3. The lowest BCUT2D eigenvalue weighted by atomic mass is 9.84. The molecule has 16 nitrogen and oxygen atoms in total. The van der Waals surface area contributed by atoms with E-state index < -0.39 is 71.8 Å². The molecule has 0 spiro atoms. The van der Waals surface area contributed by atoms with E-state index in [2.05, 4.69) is 20.9 Å². The van der Waals surface area contributed by atoms with Gasteiger partial charge in [-0.3, -0.25) is 24.0 Å². The van der Waals surface area contributed by atoms with Gasteiger partial charge in [0.1, 0.15) is 23.7 Å². The third-order valence-corrected chi connectivity index (χ3v) is 9.65. The zero-order chi connectivity index (χ0) is 36.9. The monoisotopic (exact) mass is 704 g/mol. The van der Waals surface area contributed by atoms with Gasteiger partial charge in [-0.1, -0.05) is 67.6 Å². The third kappa shape index (κ3) is 8.86. The van der Waals surface area contributed by atoms with Gasteiger partial charge >= 0.3 is 6.09 Å². The van der Waals surface area contributed by atoms with E-state index in [4.69, 9.17) is 10.8 Å². The van der Waals surface area contributed by atoms with E-state index in [0.717, 1.165) is 42.9 Å². The van der Waals surface area contributed by atoms with Gasteiger partial charge in [-0.2, -0.15) is 0 Å². The zero-order valence-corrected chi connectivity index (χ0v) is 28.6. The van der Waals surface area contributed by atoms with Gasteiger partial charge in [0.2, 0.25) is 17.6 Å². The van der Waals surface area contributed by atoms with Gasteiger partial charge in [0, 0.05) is 25.1 Å². The first kappa shape index (κ1) is 36.9. The summed E-state index contributed by atoms with van der Waals surface area (Å²) in [5, 5.41) is 37.1. The third-order valence-electron chi connectivity index (χ3n) is 9.65. The Morgan fingerprint density at radius 2 is 1.69 bits per heavy atom. The molecule has 5 rings (SSSR count). The average Bonchev–Trinajstić information content (AvgIpc) is 3.78. The number of hydrogen-bond acceptors (Lipinski definition) is 9. The van der Waals surface area contributed by atoms with Crippen LogP contribution in [0.3, 0.4) is 0 Å². The van der Waals surface area contributed by atoms with E-state index >= 15 is 0 Å². The number of nitrogens with one attached hydrogen (secondary N) is 3. The van der Waals surface area contributed by atoms with Gasteiger partial charge in [0.15, 0.2) is 0 Å². The summed E-state index contributed by atoms with van der Waals surface area (Å²) in [6.07, 6.45) is 5.00. The molecule has 3 aromatic rings. The quantitative estimate of drug-likeness (QED) is 0.140. The summed E-state index contributed by atoms with van der Waals surface area (Å²) in [6, 6.07) is 8.26. The molecule has 4 atom stereocenters. The number of primary amides is 1. The highest BCUT2D eigenvalue weighted by Gasteiger charge is 2.45. The number of carbonyl (C=O) groups is 6. The van der Waals surface area contributed by atoms with Crippen molar-refractivity contribution in [2.45, 2.75) is 88.6 Å². The molecular formula is C35H44N8O8. The van der Waals surface area contributed by atoms with Crippen molar-refractivity contribution in [2.75, 3.05) is 13.1 Å². The van der Waals surface area contributed by atoms with Crippen molar-refractivity contribution in [3.05, 3.63) is 59.9 Å². The summed E-state index contributed by atoms with van der Waals surface area (Å²) >= 11 is 0. The van der Waals surface area contributed by atoms with Crippen molar-refractivity contribution >= 4 is 46.3 Å². The lowest BCUT2D eigenvalue weighted by Gasteiger charge is -2.32. The molecule has 2 aliphatic rings. The summed E-state index contributed by atoms with van der Waals surface area (Å²) in [6.45, 7) is 2.37. The van der Waals surface area contributed by atoms with Crippen LogP contribution >= 0.6 is 0 Å². The molecule has 0 radical (unpaired) electrons. The van der Waals surface area contributed by atoms with E-state index in [0.29, 0.717) is 17.7 Å². The number of ketones is 1. The lowest BCUT2D eigenvalue weighted by Crippen LogP contribution is -2.58. The molecule has 1 aromatic heterocycles. The van der Waals surface area contributed by atoms with Crippen molar-refractivity contribution < 1.29 is 39.0 Å². The molecule has 1 aliphatic heterocycles. The van der Waals surface area contributed by atoms with Gasteiger partial charge in [-0.05, 0) is 49.1 Å². The molecule has 16 heteroatoms. The number of nitrogens with zero attached hydrogens (tertiary/aromatic N) is 4. The fraction of sp³-hybridized carbons (Fsp3) is 0.486. The number of aliphatic hydroxyl groups is 1. The standard InChI is InChI=1S/C35H44N8O8/c1-35(2,51)28-18-38-41-43(28)24-16-27(32(47)40-26(17-37-34(49)50)29(44)30(36)45)42(19-24)33(48)25(14-20-8-4-3-5-9-20)39-31(46)23-13-12-21-10-6-7-11-22(21)15-23/h6-7,10-13,15,18,20,24-27,37,51H,3-5,8-9,14,16-17,19H2,1-2H3,(H2,36,45)(H,39,46)(H,40,47)(H,49,50)/t24-,25?,26?,27-/m0/s1. The number of nitrogens with two attached hydrogens (primary N) is 1. The molecule has 272 valence electrons. The number of hydrogen-bond donors (Lipinski definition) is 6. The smallest absolute Gasteiger partial charge is 0.404 e. The molecule has 2 heterocycles. The highest BCUT2D eigenvalue weighted by atomic mass is 16.4. The molecule has 2 unspecified atom stereocenters. The van der Waals surface area contributed by atoms with Crippen LogP contribution in [-0.2, 0) is 24.8 Å². The summed E-state index contributed by atoms with van der Waals surface area (Å²) in [4.78, 5) is 79.2. The topological polar surface area (TPSA) is 239 Å². The van der Waals surface area contributed by atoms with E-state index in [1.807, 2.05) is 35.6 Å². The maximum Gasteiger partial charge on any atom is 0.404 e. The summed E-state index contributed by atoms with van der Waals surface area (Å²) in [5.74, 6) is -4.32. The molecule has 7 N–H and O–H groups in total. The van der Waals surface area contributed by atoms with Gasteiger partial charge < -0.3 is 36.8 Å². The second kappa shape index (κ2) is 15.7. The fourth-order valence-electron chi connectivity index (χ4n) is 7.02. The first-order valence-electron chi connectivity index (χ1n) is 17.1. The Hall–Kier alpha value is -5.38. The van der Waals surface area contributed by atoms with E-state index in [1.54, 1.807) is 26.0 Å². The van der Waals surface area contributed by atoms with E-state index in [1.165, 1.54) is 15.8 Å². The van der Waals surface area contributed by atoms with Crippen molar-refractivity contribution in [2.24, 2.45) is 11.7 Å². The largest absolute Gasteiger partial charge is 0.465 e. The molecule has 2 aromatic carbocycles. The molecule has 0 bridgehead atoms. The molecule has 5 amide bonds. The first-order valence-corrected chi connectivity index (χ1v) is 17.1. The normalized spacial score (nSPS) is 19.2. The van der Waals surface area contributed by atoms with Crippen LogP contribution in [0.2, 0.25) is 0 Å². The van der Waals surface area contributed by atoms with Crippen LogP contribution in [-0.4, -0.2) is 96.8 Å². The summed E-state index contributed by atoms with van der Waals surface area (Å²) in [5.41, 5.74) is 4.50. The minimum absolute atomic E-state index is 0.0391. The predicted molar refractivity (Wildman–Crippen MR) is 183 cm³/mol. The number of rotatable bonds is 13. The molecule has 1 saturated heterocycles. The number of carbonyl (C=O) groups excluding carboxylic acids is 5. The first-order chi connectivity index (χ1) is 24.2. The second-order valence-corrected chi connectivity index (χ2v) is 13.8. The van der Waals surface area contributed by atoms with Crippen LogP contribution in [0, 0.1) is 5.92 Å². The van der Waals surface area contributed by atoms with Crippen LogP contribution in [0.5, 0.6) is 0 Å². The van der Waals surface area contributed by atoms with Gasteiger partial charge in [-0.25, -0.2) is 9.48 Å². The predicted octanol–water partition coefficient (Wildman–Crippen LogP) is 1.38. The van der Waals surface area contributed by atoms with Crippen LogP contribution in [0.1, 0.15) is 80.9 Å². The van der Waals surface area contributed by atoms with Crippen molar-refractivity contribution in [3.63, 3.8) is 0 Å². The summed E-state index contributed by atoms with van der Waals surface area (Å²) < 4.78 is 1.44. The van der Waals surface area contributed by atoms with Crippen LogP contribution in [0.15, 0.2) is 48.7 Å². The van der Waals surface area contributed by atoms with Gasteiger partial charge in [0.25, 0.3) is 11.8 Å². The number of Topliss-reactive ketones (excluding diaryl/α,β-unsaturated/α-hetero) is 1. The van der Waals surface area contributed by atoms with Crippen molar-refractivity contribution in [1.29, 1.82) is 0 Å². The number of benzene rings is 2. The minimum Gasteiger partial charge on any atom is -0.465 e. The Labute approximate surface area is 294 Å². The highest BCUT2D eigenvalue weighted by Crippen LogP contribution is 2.33. The number of fused-ring (bicyclic) bond motifs is 1. The Kier molecular flexibility index (Phi) is 11.3. The molecular weight excluding hydrogens is 660 g/mol. The number of carboxylic acid groups (broad SMARTS) is 1. The van der Waals surface area contributed by atoms with Crippen molar-refractivity contribution in [3.8, 4) is 0 Å². The van der Waals surface area contributed by atoms with Gasteiger partial charge in [-0.15, -0.1) is 5.10 Å². The molecule has 1 aliphatic carbocycles. The number of likely N-dealkylation sites (tertiary alicyclic amines) is 1. The minimum atomic E-state index is -1.65. The Balaban J connectivity index is 1.47. The van der Waals surface area contributed by atoms with Gasteiger partial charge in [0.05, 0.1) is 17.9 Å². The molecule has 2 fully saturated rings. The zero-order valence-electron chi connectivity index (χ0n) is 28.6. The van der Waals surface area contributed by atoms with Crippen molar-refractivity contribution in [1.82, 2.24) is 35.8 Å². The Bertz CT molecular complexity index is 1800. The van der Waals surface area contributed by atoms with E-state index in [-0.39, 0.29) is 18.9 Å². The molecule has 51 heavy (non-hydrogen) atoms. The summed E-state index contributed by atoms with van der Waals surface area (Å²) in [7, 11) is 0. The Morgan fingerprint density at radius 1 is 0.980 bits per heavy atom. The van der Waals surface area contributed by atoms with E-state index in [9.17, 15) is 33.9 Å². The highest BCUT2D eigenvalue weighted by molar-refractivity contribution is 6.38. The maximum absolute atomic E-state index is 14.7. The van der Waals surface area contributed by atoms with Crippen LogP contribution < -0.4 is 21.7 Å². The average molecular weight is 705 g/mol. The van der Waals surface area contributed by atoms with Crippen LogP contribution in [0.25, 0.3) is 10.8 Å². The second-order valence-electron chi connectivity index (χ2n) is 13.8. The maximum atomic E-state index is 14.7. The number of amides is 5. The SMILES string of the molecule is CC(C)(O)c1cnnn1[C@H]1C[C@@H](C(=O)NC(CNC(=O)O)C(=O)C(N)=O)N(C(=O)C(CC2CCCCC2)NC(=O)c2ccc3ccccc3c2)C1. The lowest BCUT2D eigenvalue weighted by molar-refractivity contribution is -0.142.